The Morgan fingerprint density at radius 2 is 1.73 bits per heavy atom. The molecule has 0 spiro atoms. The van der Waals surface area contributed by atoms with Crippen molar-refractivity contribution in [1.82, 2.24) is 5.32 Å². The molecule has 22 heavy (non-hydrogen) atoms. The monoisotopic (exact) mass is 304 g/mol. The first-order valence-corrected chi connectivity index (χ1v) is 7.69. The molecule has 1 amide bonds. The third-order valence-corrected chi connectivity index (χ3v) is 3.81. The molecule has 0 aliphatic rings. The van der Waals surface area contributed by atoms with Crippen molar-refractivity contribution in [3.8, 4) is 0 Å². The molecule has 0 radical (unpaired) electrons. The van der Waals surface area contributed by atoms with E-state index in [4.69, 9.17) is 5.73 Å². The van der Waals surface area contributed by atoms with Crippen molar-refractivity contribution in [2.24, 2.45) is 16.6 Å². The summed E-state index contributed by atoms with van der Waals surface area (Å²) in [6, 6.07) is 7.43. The van der Waals surface area contributed by atoms with E-state index in [0.717, 1.165) is 12.1 Å². The maximum Gasteiger partial charge on any atom is 0.251 e. The molecule has 4 nitrogen and oxygen atoms in total. The van der Waals surface area contributed by atoms with E-state index in [1.807, 2.05) is 31.3 Å². The molecule has 0 atom stereocenters. The van der Waals surface area contributed by atoms with E-state index in [-0.39, 0.29) is 16.7 Å². The van der Waals surface area contributed by atoms with Crippen LogP contribution in [0, 0.1) is 10.8 Å². The zero-order valence-corrected chi connectivity index (χ0v) is 14.6. The number of hydrogen-bond donors (Lipinski definition) is 2. The van der Waals surface area contributed by atoms with Crippen molar-refractivity contribution >= 4 is 18.3 Å². The molecule has 0 aliphatic heterocycles. The number of hydrogen-bond acceptors (Lipinski definition) is 2. The predicted molar refractivity (Wildman–Crippen MR) is 93.0 cm³/mol. The quantitative estimate of drug-likeness (QED) is 0.601. The molecule has 0 unspecified atom stereocenters. The van der Waals surface area contributed by atoms with Crippen LogP contribution in [0.4, 0.5) is 5.69 Å². The SMILES string of the molecule is C=[N+](C)c1ccc(C(=O)NCC(C)(C)CC(C)(C)CN)cc1. The molecular formula is C18H30N3O+. The van der Waals surface area contributed by atoms with E-state index in [1.165, 1.54) is 0 Å². The fraction of sp³-hybridized carbons (Fsp3) is 0.556. The van der Waals surface area contributed by atoms with Crippen molar-refractivity contribution in [3.05, 3.63) is 29.8 Å². The van der Waals surface area contributed by atoms with E-state index in [2.05, 4.69) is 39.7 Å². The standard InChI is InChI=1S/C18H29N3O/c1-17(2,12-19)11-18(3,4)13-20-16(22)14-7-9-15(10-8-14)21(5)6/h7-10H,5,11-13,19H2,1-4,6H3/p+1. The van der Waals surface area contributed by atoms with Crippen LogP contribution in [0.3, 0.4) is 0 Å². The van der Waals surface area contributed by atoms with Gasteiger partial charge in [-0.05, 0) is 35.9 Å². The molecule has 0 aliphatic carbocycles. The fourth-order valence-corrected chi connectivity index (χ4v) is 2.72. The predicted octanol–water partition coefficient (Wildman–Crippen LogP) is 2.79. The third kappa shape index (κ3) is 5.60. The Labute approximate surface area is 134 Å². The van der Waals surface area contributed by atoms with Gasteiger partial charge in [-0.1, -0.05) is 27.7 Å². The summed E-state index contributed by atoms with van der Waals surface area (Å²) in [6.45, 7) is 13.7. The van der Waals surface area contributed by atoms with Crippen molar-refractivity contribution < 1.29 is 9.37 Å². The van der Waals surface area contributed by atoms with Gasteiger partial charge in [0.2, 0.25) is 5.69 Å². The maximum atomic E-state index is 12.2. The summed E-state index contributed by atoms with van der Waals surface area (Å²) in [4.78, 5) is 12.2. The summed E-state index contributed by atoms with van der Waals surface area (Å²) in [5, 5.41) is 3.03. The van der Waals surface area contributed by atoms with Gasteiger partial charge in [0.05, 0.1) is 0 Å². The molecule has 0 aromatic heterocycles. The average Bonchev–Trinajstić information content (AvgIpc) is 2.44. The Hall–Kier alpha value is -1.68. The number of nitrogens with two attached hydrogens (primary N) is 1. The highest BCUT2D eigenvalue weighted by Crippen LogP contribution is 2.32. The van der Waals surface area contributed by atoms with Gasteiger partial charge in [0.15, 0.2) is 0 Å². The van der Waals surface area contributed by atoms with Crippen molar-refractivity contribution in [2.75, 3.05) is 20.1 Å². The van der Waals surface area contributed by atoms with E-state index < -0.39 is 0 Å². The normalized spacial score (nSPS) is 12.1. The smallest absolute Gasteiger partial charge is 0.251 e. The van der Waals surface area contributed by atoms with Gasteiger partial charge in [-0.15, -0.1) is 0 Å². The molecule has 0 heterocycles. The Bertz CT molecular complexity index is 530. The summed E-state index contributed by atoms with van der Waals surface area (Å²) in [6.07, 6.45) is 0.960. The second kappa shape index (κ2) is 7.05. The molecule has 1 rings (SSSR count). The number of nitrogens with zero attached hydrogens (tertiary/aromatic N) is 1. The van der Waals surface area contributed by atoms with Gasteiger partial charge in [0, 0.05) is 24.2 Å². The highest BCUT2D eigenvalue weighted by Gasteiger charge is 2.28. The first-order valence-electron chi connectivity index (χ1n) is 7.69. The van der Waals surface area contributed by atoms with Gasteiger partial charge in [0.1, 0.15) is 13.8 Å². The van der Waals surface area contributed by atoms with Gasteiger partial charge < -0.3 is 11.1 Å². The van der Waals surface area contributed by atoms with E-state index in [1.54, 1.807) is 4.58 Å². The minimum atomic E-state index is -0.0445. The number of carbonyl (C=O) groups is 1. The number of amides is 1. The zero-order chi connectivity index (χ0) is 17.0. The fourth-order valence-electron chi connectivity index (χ4n) is 2.72. The largest absolute Gasteiger partial charge is 0.352 e. The Morgan fingerprint density at radius 1 is 1.18 bits per heavy atom. The first-order chi connectivity index (χ1) is 10.1. The maximum absolute atomic E-state index is 12.2. The van der Waals surface area contributed by atoms with Crippen LogP contribution in [0.15, 0.2) is 24.3 Å². The summed E-state index contributed by atoms with van der Waals surface area (Å²) < 4.78 is 1.76. The van der Waals surface area contributed by atoms with Crippen LogP contribution in [0.1, 0.15) is 44.5 Å². The van der Waals surface area contributed by atoms with Crippen LogP contribution in [0.25, 0.3) is 0 Å². The van der Waals surface area contributed by atoms with Gasteiger partial charge in [-0.2, -0.15) is 0 Å². The Morgan fingerprint density at radius 3 is 2.18 bits per heavy atom. The van der Waals surface area contributed by atoms with E-state index in [0.29, 0.717) is 18.7 Å². The average molecular weight is 304 g/mol. The summed E-state index contributed by atoms with van der Waals surface area (Å²) in [5.41, 5.74) is 7.53. The van der Waals surface area contributed by atoms with E-state index in [9.17, 15) is 4.79 Å². The van der Waals surface area contributed by atoms with E-state index >= 15 is 0 Å². The van der Waals surface area contributed by atoms with Gasteiger partial charge >= 0.3 is 0 Å². The molecule has 4 heteroatoms. The van der Waals surface area contributed by atoms with Crippen molar-refractivity contribution in [3.63, 3.8) is 0 Å². The summed E-state index contributed by atoms with van der Waals surface area (Å²) in [7, 11) is 1.87. The van der Waals surface area contributed by atoms with Gasteiger partial charge in [0.25, 0.3) is 5.91 Å². The van der Waals surface area contributed by atoms with Crippen molar-refractivity contribution in [1.29, 1.82) is 0 Å². The summed E-state index contributed by atoms with van der Waals surface area (Å²) >= 11 is 0. The molecule has 122 valence electrons. The third-order valence-electron chi connectivity index (χ3n) is 3.81. The molecule has 3 N–H and O–H groups in total. The topological polar surface area (TPSA) is 58.1 Å². The molecule has 0 fully saturated rings. The lowest BCUT2D eigenvalue weighted by Crippen LogP contribution is -2.38. The first kappa shape index (κ1) is 18.4. The number of rotatable bonds is 7. The second-order valence-corrected chi connectivity index (χ2v) is 7.64. The van der Waals surface area contributed by atoms with Crippen LogP contribution >= 0.6 is 0 Å². The number of benzene rings is 1. The highest BCUT2D eigenvalue weighted by atomic mass is 16.1. The lowest BCUT2D eigenvalue weighted by molar-refractivity contribution is -0.394. The van der Waals surface area contributed by atoms with Crippen LogP contribution in [-0.2, 0) is 0 Å². The Kier molecular flexibility index (Phi) is 5.89. The van der Waals surface area contributed by atoms with Gasteiger partial charge in [-0.25, -0.2) is 4.58 Å². The molecular weight excluding hydrogens is 274 g/mol. The zero-order valence-electron chi connectivity index (χ0n) is 14.6. The summed E-state index contributed by atoms with van der Waals surface area (Å²) in [5.74, 6) is -0.0445. The lowest BCUT2D eigenvalue weighted by atomic mass is 9.75. The number of carbonyl (C=O) groups excluding carboxylic acids is 1. The molecule has 1 aromatic rings. The van der Waals surface area contributed by atoms with Crippen LogP contribution in [0.5, 0.6) is 0 Å². The molecule has 1 aromatic carbocycles. The van der Waals surface area contributed by atoms with Crippen LogP contribution < -0.4 is 11.1 Å². The number of nitrogens with one attached hydrogen (secondary N) is 1. The molecule has 0 bridgehead atoms. The second-order valence-electron chi connectivity index (χ2n) is 7.64. The van der Waals surface area contributed by atoms with Crippen molar-refractivity contribution in [2.45, 2.75) is 34.1 Å². The highest BCUT2D eigenvalue weighted by molar-refractivity contribution is 5.94. The minimum absolute atomic E-state index is 0.00598. The molecule has 0 saturated heterocycles. The van der Waals surface area contributed by atoms with Gasteiger partial charge in [-0.3, -0.25) is 4.79 Å². The van der Waals surface area contributed by atoms with Crippen LogP contribution in [0.2, 0.25) is 0 Å². The minimum Gasteiger partial charge on any atom is -0.352 e. The molecule has 0 saturated carbocycles. The lowest BCUT2D eigenvalue weighted by Gasteiger charge is -2.34. The Balaban J connectivity index is 2.63. The van der Waals surface area contributed by atoms with Crippen LogP contribution in [-0.4, -0.2) is 37.3 Å².